The molecule has 0 spiro atoms. The van der Waals surface area contributed by atoms with Crippen LogP contribution in [0.15, 0.2) is 30.3 Å². The van der Waals surface area contributed by atoms with Gasteiger partial charge in [0.2, 0.25) is 11.8 Å². The summed E-state index contributed by atoms with van der Waals surface area (Å²) < 4.78 is 4.80. The highest BCUT2D eigenvalue weighted by Gasteiger charge is 2.28. The highest BCUT2D eigenvalue weighted by Crippen LogP contribution is 2.09. The fourth-order valence-electron chi connectivity index (χ4n) is 3.10. The lowest BCUT2D eigenvalue weighted by atomic mass is 10.0. The summed E-state index contributed by atoms with van der Waals surface area (Å²) in [6.07, 6.45) is 2.63. The van der Waals surface area contributed by atoms with Gasteiger partial charge in [0.25, 0.3) is 0 Å². The number of rotatable bonds is 13. The molecule has 8 heteroatoms. The van der Waals surface area contributed by atoms with Gasteiger partial charge in [-0.05, 0) is 50.1 Å². The minimum Gasteiger partial charge on any atom is -0.467 e. The number of unbranched alkanes of at least 4 members (excludes halogenated alkanes) is 1. The largest absolute Gasteiger partial charge is 0.467 e. The first-order chi connectivity index (χ1) is 14.3. The second kappa shape index (κ2) is 13.7. The molecule has 1 aromatic carbocycles. The van der Waals surface area contributed by atoms with Gasteiger partial charge in [0, 0.05) is 0 Å². The molecule has 0 bridgehead atoms. The van der Waals surface area contributed by atoms with Crippen molar-refractivity contribution in [2.75, 3.05) is 13.7 Å². The van der Waals surface area contributed by atoms with Gasteiger partial charge < -0.3 is 26.8 Å². The molecule has 30 heavy (non-hydrogen) atoms. The molecule has 6 N–H and O–H groups in total. The summed E-state index contributed by atoms with van der Waals surface area (Å²) in [4.78, 5) is 37.5. The van der Waals surface area contributed by atoms with E-state index in [1.54, 1.807) is 0 Å². The van der Waals surface area contributed by atoms with Crippen LogP contribution in [0, 0.1) is 5.92 Å². The second-order valence-corrected chi connectivity index (χ2v) is 7.86. The van der Waals surface area contributed by atoms with Crippen molar-refractivity contribution in [1.29, 1.82) is 0 Å². The maximum absolute atomic E-state index is 12.9. The Bertz CT molecular complexity index is 666. The van der Waals surface area contributed by atoms with Crippen molar-refractivity contribution in [1.82, 2.24) is 10.6 Å². The predicted octanol–water partition coefficient (Wildman–Crippen LogP) is 0.874. The summed E-state index contributed by atoms with van der Waals surface area (Å²) in [6.45, 7) is 4.41. The minimum absolute atomic E-state index is 0.153. The molecule has 0 radical (unpaired) electrons. The molecule has 3 atom stereocenters. The van der Waals surface area contributed by atoms with Crippen LogP contribution in [0.2, 0.25) is 0 Å². The van der Waals surface area contributed by atoms with Crippen LogP contribution >= 0.6 is 0 Å². The van der Waals surface area contributed by atoms with E-state index in [9.17, 15) is 14.4 Å². The molecule has 0 aliphatic rings. The van der Waals surface area contributed by atoms with Crippen molar-refractivity contribution >= 4 is 17.8 Å². The van der Waals surface area contributed by atoms with E-state index >= 15 is 0 Å². The van der Waals surface area contributed by atoms with E-state index in [-0.39, 0.29) is 5.92 Å². The van der Waals surface area contributed by atoms with Gasteiger partial charge in [0.05, 0.1) is 13.2 Å². The van der Waals surface area contributed by atoms with Gasteiger partial charge in [0.15, 0.2) is 0 Å². The normalized spacial score (nSPS) is 13.9. The summed E-state index contributed by atoms with van der Waals surface area (Å²) in [7, 11) is 1.28. The van der Waals surface area contributed by atoms with Crippen molar-refractivity contribution in [3.8, 4) is 0 Å². The molecule has 0 fully saturated rings. The van der Waals surface area contributed by atoms with Gasteiger partial charge in [0.1, 0.15) is 12.1 Å². The van der Waals surface area contributed by atoms with Crippen LogP contribution in [0.25, 0.3) is 0 Å². The van der Waals surface area contributed by atoms with E-state index < -0.39 is 35.9 Å². The highest BCUT2D eigenvalue weighted by atomic mass is 16.5. The first kappa shape index (κ1) is 25.6. The third-order valence-corrected chi connectivity index (χ3v) is 4.72. The van der Waals surface area contributed by atoms with Crippen LogP contribution in [-0.4, -0.2) is 49.6 Å². The van der Waals surface area contributed by atoms with Crippen molar-refractivity contribution in [3.05, 3.63) is 35.9 Å². The summed E-state index contributed by atoms with van der Waals surface area (Å²) in [5.74, 6) is -1.19. The third-order valence-electron chi connectivity index (χ3n) is 4.72. The van der Waals surface area contributed by atoms with Gasteiger partial charge in [-0.2, -0.15) is 0 Å². The van der Waals surface area contributed by atoms with Crippen LogP contribution in [0.3, 0.4) is 0 Å². The molecule has 0 aromatic heterocycles. The zero-order valence-electron chi connectivity index (χ0n) is 18.2. The minimum atomic E-state index is -0.791. The standard InChI is InChI=1S/C22H36N4O4/c1-15(2)13-19(21(28)25-18(22(29)30-3)11-7-8-12-23)26-20(27)17(24)14-16-9-5-4-6-10-16/h4-6,9-10,15,17-19H,7-8,11-14,23-24H2,1-3H3,(H,25,28)(H,26,27)/t17-,18-,19-/m1/s1. The first-order valence-electron chi connectivity index (χ1n) is 10.5. The zero-order valence-corrected chi connectivity index (χ0v) is 18.2. The van der Waals surface area contributed by atoms with Gasteiger partial charge in [-0.3, -0.25) is 9.59 Å². The molecule has 168 valence electrons. The Morgan fingerprint density at radius 2 is 1.63 bits per heavy atom. The monoisotopic (exact) mass is 420 g/mol. The quantitative estimate of drug-likeness (QED) is 0.276. The Balaban J connectivity index is 2.78. The molecule has 0 unspecified atom stereocenters. The summed E-state index contributed by atoms with van der Waals surface area (Å²) in [6, 6.07) is 7.10. The number of esters is 1. The van der Waals surface area contributed by atoms with Gasteiger partial charge in [-0.1, -0.05) is 44.2 Å². The number of nitrogens with two attached hydrogens (primary N) is 2. The van der Waals surface area contributed by atoms with E-state index in [4.69, 9.17) is 16.2 Å². The van der Waals surface area contributed by atoms with E-state index in [0.717, 1.165) is 12.0 Å². The summed E-state index contributed by atoms with van der Waals surface area (Å²) >= 11 is 0. The Morgan fingerprint density at radius 1 is 1.00 bits per heavy atom. The van der Waals surface area contributed by atoms with Crippen LogP contribution in [0.4, 0.5) is 0 Å². The van der Waals surface area contributed by atoms with Crippen LogP contribution < -0.4 is 22.1 Å². The lowest BCUT2D eigenvalue weighted by Gasteiger charge is -2.24. The van der Waals surface area contributed by atoms with Crippen molar-refractivity contribution in [3.63, 3.8) is 0 Å². The molecule has 1 aromatic rings. The molecule has 0 saturated carbocycles. The number of amides is 2. The molecule has 2 amide bonds. The molecule has 0 aliphatic carbocycles. The molecular weight excluding hydrogens is 384 g/mol. The third kappa shape index (κ3) is 9.37. The molecule has 0 heterocycles. The van der Waals surface area contributed by atoms with E-state index in [0.29, 0.717) is 32.2 Å². The predicted molar refractivity (Wildman–Crippen MR) is 116 cm³/mol. The van der Waals surface area contributed by atoms with Crippen LogP contribution in [-0.2, 0) is 25.5 Å². The smallest absolute Gasteiger partial charge is 0.328 e. The zero-order chi connectivity index (χ0) is 22.5. The van der Waals surface area contributed by atoms with Crippen molar-refractivity contribution in [2.24, 2.45) is 17.4 Å². The average Bonchev–Trinajstić information content (AvgIpc) is 2.72. The number of carbonyl (C=O) groups is 3. The topological polar surface area (TPSA) is 137 Å². The lowest BCUT2D eigenvalue weighted by molar-refractivity contribution is -0.145. The lowest BCUT2D eigenvalue weighted by Crippen LogP contribution is -2.55. The number of benzene rings is 1. The van der Waals surface area contributed by atoms with Crippen LogP contribution in [0.1, 0.15) is 45.1 Å². The van der Waals surface area contributed by atoms with Gasteiger partial charge in [-0.25, -0.2) is 4.79 Å². The van der Waals surface area contributed by atoms with Crippen molar-refractivity contribution in [2.45, 2.75) is 64.1 Å². The van der Waals surface area contributed by atoms with E-state index in [1.165, 1.54) is 7.11 Å². The number of ether oxygens (including phenoxy) is 1. The number of hydrogen-bond acceptors (Lipinski definition) is 6. The number of hydrogen-bond donors (Lipinski definition) is 4. The molecule has 8 nitrogen and oxygen atoms in total. The Kier molecular flexibility index (Phi) is 11.7. The number of methoxy groups -OCH3 is 1. The summed E-state index contributed by atoms with van der Waals surface area (Å²) in [5, 5.41) is 5.47. The maximum Gasteiger partial charge on any atom is 0.328 e. The fourth-order valence-corrected chi connectivity index (χ4v) is 3.10. The number of nitrogens with one attached hydrogen (secondary N) is 2. The van der Waals surface area contributed by atoms with Crippen LogP contribution in [0.5, 0.6) is 0 Å². The van der Waals surface area contributed by atoms with E-state index in [2.05, 4.69) is 10.6 Å². The maximum atomic E-state index is 12.9. The van der Waals surface area contributed by atoms with E-state index in [1.807, 2.05) is 44.2 Å². The van der Waals surface area contributed by atoms with Crippen molar-refractivity contribution < 1.29 is 19.1 Å². The second-order valence-electron chi connectivity index (χ2n) is 7.86. The van der Waals surface area contributed by atoms with Gasteiger partial charge in [-0.15, -0.1) is 0 Å². The average molecular weight is 421 g/mol. The Labute approximate surface area is 179 Å². The molecule has 0 saturated heterocycles. The molecular formula is C22H36N4O4. The highest BCUT2D eigenvalue weighted by molar-refractivity contribution is 5.92. The Hall–Kier alpha value is -2.45. The molecule has 0 aliphatic heterocycles. The fraction of sp³-hybridized carbons (Fsp3) is 0.591. The molecule has 1 rings (SSSR count). The first-order valence-corrected chi connectivity index (χ1v) is 10.5. The SMILES string of the molecule is COC(=O)[C@@H](CCCCN)NC(=O)[C@@H](CC(C)C)NC(=O)[C@H](N)Cc1ccccc1. The number of carbonyl (C=O) groups excluding carboxylic acids is 3. The Morgan fingerprint density at radius 3 is 2.20 bits per heavy atom. The van der Waals surface area contributed by atoms with Gasteiger partial charge >= 0.3 is 5.97 Å². The summed E-state index contributed by atoms with van der Waals surface area (Å²) in [5.41, 5.74) is 12.5.